The van der Waals surface area contributed by atoms with Crippen LogP contribution in [-0.4, -0.2) is 10.3 Å². The fraction of sp³-hybridized carbons (Fsp3) is 0.250. The van der Waals surface area contributed by atoms with E-state index in [1.165, 1.54) is 39.7 Å². The lowest BCUT2D eigenvalue weighted by molar-refractivity contribution is -0.734. The van der Waals surface area contributed by atoms with Crippen LogP contribution in [0.15, 0.2) is 66.0 Å². The van der Waals surface area contributed by atoms with Gasteiger partial charge in [-0.2, -0.15) is 0 Å². The normalized spacial score (nSPS) is 13.2. The number of rotatable bonds is 3. The summed E-state index contributed by atoms with van der Waals surface area (Å²) >= 11 is 1.98. The molecule has 0 bridgehead atoms. The summed E-state index contributed by atoms with van der Waals surface area (Å²) in [6.45, 7) is 4.20. The lowest BCUT2D eigenvalue weighted by atomic mass is 10.1. The third-order valence-electron chi connectivity index (χ3n) is 4.35. The first-order valence-corrected chi connectivity index (χ1v) is 9.16. The van der Waals surface area contributed by atoms with E-state index in [4.69, 9.17) is 0 Å². The molecule has 0 saturated heterocycles. The first kappa shape index (κ1) is 17.3. The summed E-state index contributed by atoms with van der Waals surface area (Å²) in [5.74, 6) is 1.21. The quantitative estimate of drug-likeness (QED) is 0.601. The predicted octanol–water partition coefficient (Wildman–Crippen LogP) is 1.30. The summed E-state index contributed by atoms with van der Waals surface area (Å²) in [4.78, 5) is 0. The van der Waals surface area contributed by atoms with E-state index in [1.807, 2.05) is 11.8 Å². The van der Waals surface area contributed by atoms with E-state index in [0.717, 1.165) is 13.1 Å². The zero-order valence-electron chi connectivity index (χ0n) is 13.8. The Morgan fingerprint density at radius 1 is 1.04 bits per heavy atom. The number of aromatic nitrogens is 2. The minimum Gasteiger partial charge on any atom is -1.00 e. The monoisotopic (exact) mass is 400 g/mol. The summed E-state index contributed by atoms with van der Waals surface area (Å²) in [5.41, 5.74) is 5.28. The molecule has 2 nitrogen and oxygen atoms in total. The minimum atomic E-state index is 0. The van der Waals surface area contributed by atoms with Gasteiger partial charge < -0.3 is 17.0 Å². The molecule has 0 aliphatic carbocycles. The molecule has 0 radical (unpaired) electrons. The van der Waals surface area contributed by atoms with E-state index in [1.54, 1.807) is 0 Å². The lowest BCUT2D eigenvalue weighted by Crippen LogP contribution is -3.00. The van der Waals surface area contributed by atoms with Gasteiger partial charge in [-0.3, -0.25) is 0 Å². The Morgan fingerprint density at radius 2 is 1.79 bits per heavy atom. The van der Waals surface area contributed by atoms with Crippen LogP contribution in [0.4, 0.5) is 0 Å². The second kappa shape index (κ2) is 7.58. The second-order valence-corrected chi connectivity index (χ2v) is 7.19. The van der Waals surface area contributed by atoms with Gasteiger partial charge in [-0.25, -0.2) is 9.13 Å². The Bertz CT molecular complexity index is 810. The second-order valence-electron chi connectivity index (χ2n) is 6.13. The van der Waals surface area contributed by atoms with Crippen LogP contribution in [0, 0.1) is 6.92 Å². The summed E-state index contributed by atoms with van der Waals surface area (Å²) in [7, 11) is 0. The maximum absolute atomic E-state index is 2.48. The molecule has 1 aliphatic heterocycles. The Labute approximate surface area is 158 Å². The van der Waals surface area contributed by atoms with E-state index in [9.17, 15) is 0 Å². The van der Waals surface area contributed by atoms with Gasteiger partial charge in [0.2, 0.25) is 0 Å². The van der Waals surface area contributed by atoms with Gasteiger partial charge in [-0.05, 0) is 30.7 Å². The van der Waals surface area contributed by atoms with Crippen molar-refractivity contribution in [3.05, 3.63) is 71.9 Å². The molecule has 124 valence electrons. The van der Waals surface area contributed by atoms with Crippen LogP contribution in [0.1, 0.15) is 17.5 Å². The van der Waals surface area contributed by atoms with Crippen LogP contribution in [0.25, 0.3) is 11.3 Å². The fourth-order valence-electron chi connectivity index (χ4n) is 3.12. The van der Waals surface area contributed by atoms with Crippen molar-refractivity contribution < 1.29 is 21.5 Å². The van der Waals surface area contributed by atoms with Crippen molar-refractivity contribution in [2.45, 2.75) is 31.6 Å². The maximum Gasteiger partial charge on any atom is 0.318 e. The zero-order chi connectivity index (χ0) is 15.6. The van der Waals surface area contributed by atoms with Crippen molar-refractivity contribution in [1.29, 1.82) is 0 Å². The van der Waals surface area contributed by atoms with Crippen molar-refractivity contribution in [1.82, 2.24) is 4.57 Å². The molecule has 0 atom stereocenters. The van der Waals surface area contributed by atoms with Gasteiger partial charge in [0.25, 0.3) is 0 Å². The lowest BCUT2D eigenvalue weighted by Gasteiger charge is -2.10. The molecule has 1 aromatic heterocycles. The van der Waals surface area contributed by atoms with E-state index in [0.29, 0.717) is 0 Å². The zero-order valence-corrected chi connectivity index (χ0v) is 16.2. The average Bonchev–Trinajstić information content (AvgIpc) is 2.95. The molecule has 24 heavy (non-hydrogen) atoms. The highest BCUT2D eigenvalue weighted by Crippen LogP contribution is 2.28. The number of aryl methyl sites for hydroxylation is 2. The fourth-order valence-corrected chi connectivity index (χ4v) is 4.21. The van der Waals surface area contributed by atoms with Crippen LogP contribution in [-0.2, 0) is 13.1 Å². The van der Waals surface area contributed by atoms with Gasteiger partial charge in [-0.1, -0.05) is 60.2 Å². The maximum atomic E-state index is 2.48. The van der Waals surface area contributed by atoms with Crippen molar-refractivity contribution in [3.63, 3.8) is 0 Å². The number of hydrogen-bond acceptors (Lipinski definition) is 1. The van der Waals surface area contributed by atoms with Gasteiger partial charge in [-0.15, -0.1) is 0 Å². The average molecular weight is 401 g/mol. The molecule has 0 amide bonds. The molecule has 0 saturated carbocycles. The molecular weight excluding hydrogens is 380 g/mol. The minimum absolute atomic E-state index is 0. The molecule has 3 aromatic rings. The van der Waals surface area contributed by atoms with Crippen LogP contribution in [0.3, 0.4) is 0 Å². The number of benzene rings is 2. The summed E-state index contributed by atoms with van der Waals surface area (Å²) < 4.78 is 4.90. The van der Waals surface area contributed by atoms with Gasteiger partial charge in [0.1, 0.15) is 12.7 Å². The van der Waals surface area contributed by atoms with Crippen molar-refractivity contribution in [2.75, 3.05) is 5.75 Å². The molecule has 4 heteroatoms. The highest BCUT2D eigenvalue weighted by molar-refractivity contribution is 7.99. The SMILES string of the molecule is Cc1ccc(-c2c[n+]3c(n2Cc2ccccc2)SCCC3)cc1.[Br-]. The number of hydrogen-bond donors (Lipinski definition) is 0. The van der Waals surface area contributed by atoms with Crippen LogP contribution in [0.5, 0.6) is 0 Å². The Kier molecular flexibility index (Phi) is 5.47. The molecular formula is C20H21BrN2S. The Morgan fingerprint density at radius 3 is 2.54 bits per heavy atom. The third-order valence-corrected chi connectivity index (χ3v) is 5.56. The van der Waals surface area contributed by atoms with E-state index < -0.39 is 0 Å². The summed E-state index contributed by atoms with van der Waals surface area (Å²) in [6, 6.07) is 19.6. The van der Waals surface area contributed by atoms with E-state index in [2.05, 4.69) is 76.9 Å². The standard InChI is InChI=1S/C20H21N2S.BrH/c1-16-8-10-18(11-9-16)19-15-21-12-5-13-23-20(21)22(19)14-17-6-3-2-4-7-17;/h2-4,6-11,15H,5,12-14H2,1H3;1H/q+1;/p-1. The molecule has 1 aliphatic rings. The molecule has 2 heterocycles. The van der Waals surface area contributed by atoms with Crippen molar-refractivity contribution >= 4 is 11.8 Å². The van der Waals surface area contributed by atoms with Gasteiger partial charge in [0, 0.05) is 11.3 Å². The summed E-state index contributed by atoms with van der Waals surface area (Å²) in [5, 5.41) is 1.38. The van der Waals surface area contributed by atoms with E-state index >= 15 is 0 Å². The Hall–Kier alpha value is -1.52. The number of nitrogens with zero attached hydrogens (tertiary/aromatic N) is 2. The summed E-state index contributed by atoms with van der Waals surface area (Å²) in [6.07, 6.45) is 3.58. The first-order chi connectivity index (χ1) is 11.3. The van der Waals surface area contributed by atoms with Crippen LogP contribution >= 0.6 is 11.8 Å². The van der Waals surface area contributed by atoms with E-state index in [-0.39, 0.29) is 17.0 Å². The highest BCUT2D eigenvalue weighted by atomic mass is 79.9. The number of thioether (sulfide) groups is 1. The Balaban J connectivity index is 0.00000169. The number of imidazole rings is 1. The van der Waals surface area contributed by atoms with Gasteiger partial charge in [0.05, 0.1) is 6.54 Å². The largest absolute Gasteiger partial charge is 1.00 e. The van der Waals surface area contributed by atoms with Crippen molar-refractivity contribution in [3.8, 4) is 11.3 Å². The smallest absolute Gasteiger partial charge is 0.318 e. The van der Waals surface area contributed by atoms with Crippen LogP contribution < -0.4 is 21.5 Å². The van der Waals surface area contributed by atoms with Crippen LogP contribution in [0.2, 0.25) is 0 Å². The third kappa shape index (κ3) is 3.45. The topological polar surface area (TPSA) is 8.81 Å². The van der Waals surface area contributed by atoms with Gasteiger partial charge >= 0.3 is 5.16 Å². The highest BCUT2D eigenvalue weighted by Gasteiger charge is 2.27. The number of fused-ring (bicyclic) bond motifs is 1. The number of halogens is 1. The molecule has 0 N–H and O–H groups in total. The molecule has 0 fully saturated rings. The van der Waals surface area contributed by atoms with Gasteiger partial charge in [0.15, 0.2) is 5.69 Å². The molecule has 0 spiro atoms. The van der Waals surface area contributed by atoms with Crippen molar-refractivity contribution in [2.24, 2.45) is 0 Å². The molecule has 2 aromatic carbocycles. The first-order valence-electron chi connectivity index (χ1n) is 8.18. The molecule has 4 rings (SSSR count). The predicted molar refractivity (Wildman–Crippen MR) is 95.7 cm³/mol. The molecule has 0 unspecified atom stereocenters.